The molecule has 4 heteroatoms. The first-order valence-electron chi connectivity index (χ1n) is 6.76. The largest absolute Gasteiger partial charge is 0.244 e. The van der Waals surface area contributed by atoms with Crippen molar-refractivity contribution >= 4 is 33.5 Å². The Hall–Kier alpha value is -1.61. The van der Waals surface area contributed by atoms with Crippen LogP contribution in [0.5, 0.6) is 0 Å². The van der Waals surface area contributed by atoms with E-state index in [1.54, 1.807) is 0 Å². The predicted octanol–water partition coefficient (Wildman–Crippen LogP) is 4.35. The maximum Gasteiger partial charge on any atom is 0.160 e. The molecule has 4 rings (SSSR count). The molecule has 0 radical (unpaired) electrons. The molecule has 2 heterocycles. The van der Waals surface area contributed by atoms with E-state index in [0.29, 0.717) is 6.04 Å². The molecule has 0 amide bonds. The fraction of sp³-hybridized carbons (Fsp3) is 0.333. The minimum absolute atomic E-state index is 0.488. The lowest BCUT2D eigenvalue weighted by atomic mass is 10.2. The SMILES string of the molecule is Clc1c2ccccc2nc2c1cnn2C1CCCC1. The maximum absolute atomic E-state index is 6.50. The number of nitrogens with zero attached hydrogens (tertiary/aromatic N) is 3. The Morgan fingerprint density at radius 2 is 1.89 bits per heavy atom. The van der Waals surface area contributed by atoms with Crippen LogP contribution >= 0.6 is 11.6 Å². The molecule has 3 nitrogen and oxygen atoms in total. The van der Waals surface area contributed by atoms with Crippen LogP contribution in [0.25, 0.3) is 21.9 Å². The Bertz CT molecular complexity index is 757. The fourth-order valence-corrected chi connectivity index (χ4v) is 3.35. The Balaban J connectivity index is 2.02. The quantitative estimate of drug-likeness (QED) is 0.659. The van der Waals surface area contributed by atoms with Gasteiger partial charge >= 0.3 is 0 Å². The lowest BCUT2D eigenvalue weighted by Gasteiger charge is -2.11. The summed E-state index contributed by atoms with van der Waals surface area (Å²) in [6.45, 7) is 0. The average Bonchev–Trinajstić information content (AvgIpc) is 3.07. The van der Waals surface area contributed by atoms with Crippen molar-refractivity contribution in [2.75, 3.05) is 0 Å². The summed E-state index contributed by atoms with van der Waals surface area (Å²) in [5.41, 5.74) is 1.87. The first-order chi connectivity index (χ1) is 9.34. The van der Waals surface area contributed by atoms with Crippen LogP contribution in [0, 0.1) is 0 Å². The van der Waals surface area contributed by atoms with Crippen molar-refractivity contribution in [2.24, 2.45) is 0 Å². The van der Waals surface area contributed by atoms with E-state index in [1.807, 2.05) is 30.5 Å². The number of hydrogen-bond acceptors (Lipinski definition) is 2. The normalized spacial score (nSPS) is 16.7. The number of rotatable bonds is 1. The van der Waals surface area contributed by atoms with Crippen molar-refractivity contribution in [3.8, 4) is 0 Å². The van der Waals surface area contributed by atoms with Crippen molar-refractivity contribution in [1.29, 1.82) is 0 Å². The molecule has 0 atom stereocenters. The number of aromatic nitrogens is 3. The fourth-order valence-electron chi connectivity index (χ4n) is 3.05. The molecule has 2 aromatic heterocycles. The first kappa shape index (κ1) is 11.2. The van der Waals surface area contributed by atoms with Crippen molar-refractivity contribution in [1.82, 2.24) is 14.8 Å². The van der Waals surface area contributed by atoms with Crippen LogP contribution in [-0.4, -0.2) is 14.8 Å². The number of hydrogen-bond donors (Lipinski definition) is 0. The molecule has 1 aliphatic carbocycles. The highest BCUT2D eigenvalue weighted by atomic mass is 35.5. The second-order valence-corrected chi connectivity index (χ2v) is 5.59. The minimum atomic E-state index is 0.488. The zero-order chi connectivity index (χ0) is 12.8. The number of pyridine rings is 1. The van der Waals surface area contributed by atoms with Gasteiger partial charge < -0.3 is 0 Å². The van der Waals surface area contributed by atoms with Gasteiger partial charge in [-0.3, -0.25) is 0 Å². The minimum Gasteiger partial charge on any atom is -0.244 e. The van der Waals surface area contributed by atoms with E-state index in [0.717, 1.165) is 27.0 Å². The zero-order valence-electron chi connectivity index (χ0n) is 10.5. The summed E-state index contributed by atoms with van der Waals surface area (Å²) in [6, 6.07) is 8.49. The summed E-state index contributed by atoms with van der Waals surface area (Å²) in [4.78, 5) is 4.76. The van der Waals surface area contributed by atoms with Gasteiger partial charge in [-0.1, -0.05) is 42.6 Å². The molecular weight excluding hydrogens is 258 g/mol. The van der Waals surface area contributed by atoms with Gasteiger partial charge in [-0.05, 0) is 18.9 Å². The van der Waals surface area contributed by atoms with Crippen molar-refractivity contribution in [2.45, 2.75) is 31.7 Å². The third-order valence-corrected chi connectivity index (χ3v) is 4.45. The molecule has 19 heavy (non-hydrogen) atoms. The van der Waals surface area contributed by atoms with E-state index in [-0.39, 0.29) is 0 Å². The molecule has 1 fully saturated rings. The van der Waals surface area contributed by atoms with Gasteiger partial charge in [0.05, 0.1) is 28.2 Å². The average molecular weight is 272 g/mol. The predicted molar refractivity (Wildman–Crippen MR) is 77.5 cm³/mol. The second kappa shape index (κ2) is 4.20. The van der Waals surface area contributed by atoms with Crippen molar-refractivity contribution in [3.63, 3.8) is 0 Å². The van der Waals surface area contributed by atoms with Gasteiger partial charge in [-0.25, -0.2) is 9.67 Å². The summed E-state index contributed by atoms with van der Waals surface area (Å²) >= 11 is 6.50. The molecule has 0 bridgehead atoms. The Morgan fingerprint density at radius 1 is 1.11 bits per heavy atom. The number of benzene rings is 1. The molecule has 0 saturated heterocycles. The van der Waals surface area contributed by atoms with Gasteiger partial charge in [0.1, 0.15) is 0 Å². The molecule has 1 aromatic carbocycles. The van der Waals surface area contributed by atoms with Gasteiger partial charge in [0.25, 0.3) is 0 Å². The lowest BCUT2D eigenvalue weighted by molar-refractivity contribution is 0.479. The lowest BCUT2D eigenvalue weighted by Crippen LogP contribution is -2.07. The van der Waals surface area contributed by atoms with E-state index in [2.05, 4.69) is 9.78 Å². The van der Waals surface area contributed by atoms with E-state index in [1.165, 1.54) is 25.7 Å². The van der Waals surface area contributed by atoms with Crippen LogP contribution in [0.15, 0.2) is 30.5 Å². The molecule has 0 spiro atoms. The third kappa shape index (κ3) is 1.65. The molecule has 96 valence electrons. The Morgan fingerprint density at radius 3 is 2.74 bits per heavy atom. The summed E-state index contributed by atoms with van der Waals surface area (Å²) in [5.74, 6) is 0. The van der Waals surface area contributed by atoms with Crippen LogP contribution < -0.4 is 0 Å². The standard InChI is InChI=1S/C15H14ClN3/c16-14-11-7-3-4-8-13(11)18-15-12(14)9-17-19(15)10-5-1-2-6-10/h3-4,7-10H,1-2,5-6H2. The monoisotopic (exact) mass is 271 g/mol. The van der Waals surface area contributed by atoms with Crippen LogP contribution in [0.2, 0.25) is 5.02 Å². The van der Waals surface area contributed by atoms with Crippen LogP contribution in [0.3, 0.4) is 0 Å². The molecule has 3 aromatic rings. The molecule has 1 aliphatic rings. The van der Waals surface area contributed by atoms with Gasteiger partial charge in [-0.2, -0.15) is 5.10 Å². The smallest absolute Gasteiger partial charge is 0.160 e. The summed E-state index contributed by atoms with van der Waals surface area (Å²) < 4.78 is 2.07. The van der Waals surface area contributed by atoms with E-state index in [4.69, 9.17) is 16.6 Å². The van der Waals surface area contributed by atoms with E-state index in [9.17, 15) is 0 Å². The molecule has 0 unspecified atom stereocenters. The zero-order valence-corrected chi connectivity index (χ0v) is 11.3. The molecule has 0 N–H and O–H groups in total. The Labute approximate surface area is 116 Å². The third-order valence-electron chi connectivity index (χ3n) is 4.04. The van der Waals surface area contributed by atoms with Gasteiger partial charge in [-0.15, -0.1) is 0 Å². The highest BCUT2D eigenvalue weighted by molar-refractivity contribution is 6.40. The molecule has 1 saturated carbocycles. The number of halogens is 1. The summed E-state index contributed by atoms with van der Waals surface area (Å²) in [6.07, 6.45) is 6.82. The molecular formula is C15H14ClN3. The van der Waals surface area contributed by atoms with Crippen LogP contribution in [-0.2, 0) is 0 Å². The number of para-hydroxylation sites is 1. The Kier molecular flexibility index (Phi) is 2.49. The second-order valence-electron chi connectivity index (χ2n) is 5.21. The van der Waals surface area contributed by atoms with Gasteiger partial charge in [0, 0.05) is 5.39 Å². The van der Waals surface area contributed by atoms with Gasteiger partial charge in [0.15, 0.2) is 5.65 Å². The van der Waals surface area contributed by atoms with Crippen molar-refractivity contribution < 1.29 is 0 Å². The highest BCUT2D eigenvalue weighted by Crippen LogP contribution is 2.35. The topological polar surface area (TPSA) is 30.7 Å². The van der Waals surface area contributed by atoms with E-state index >= 15 is 0 Å². The molecule has 0 aliphatic heterocycles. The highest BCUT2D eigenvalue weighted by Gasteiger charge is 2.21. The van der Waals surface area contributed by atoms with Crippen LogP contribution in [0.4, 0.5) is 0 Å². The maximum atomic E-state index is 6.50. The first-order valence-corrected chi connectivity index (χ1v) is 7.14. The summed E-state index contributed by atoms with van der Waals surface area (Å²) in [5, 5.41) is 7.27. The van der Waals surface area contributed by atoms with Crippen LogP contribution in [0.1, 0.15) is 31.7 Å². The van der Waals surface area contributed by atoms with Crippen molar-refractivity contribution in [3.05, 3.63) is 35.5 Å². The van der Waals surface area contributed by atoms with Gasteiger partial charge in [0.2, 0.25) is 0 Å². The summed E-state index contributed by atoms with van der Waals surface area (Å²) in [7, 11) is 0. The van der Waals surface area contributed by atoms with E-state index < -0.39 is 0 Å². The number of fused-ring (bicyclic) bond motifs is 2.